The number of rotatable bonds is 0. The molecule has 0 atom stereocenters. The average molecular weight is 377 g/mol. The lowest BCUT2D eigenvalue weighted by Crippen LogP contribution is -2.29. The maximum Gasteiger partial charge on any atom is 0.0725 e. The molecule has 0 aliphatic heterocycles. The second-order valence-corrected chi connectivity index (χ2v) is 7.93. The third kappa shape index (κ3) is 1.91. The Morgan fingerprint density at radius 3 is 1.71 bits per heavy atom. The van der Waals surface area contributed by atoms with Gasteiger partial charge in [0, 0.05) is 5.02 Å². The fraction of sp³-hybridized carbons (Fsp3) is 0.0370. The lowest BCUT2D eigenvalue weighted by Gasteiger charge is -2.35. The van der Waals surface area contributed by atoms with Crippen molar-refractivity contribution in [3.05, 3.63) is 129 Å². The largest absolute Gasteiger partial charge is 0.0843 e. The van der Waals surface area contributed by atoms with Crippen LogP contribution < -0.4 is 0 Å². The standard InChI is InChI=1S/C27H17Cl/c28-20-15-16-26-22(17-20)21-9-3-6-12-25(21)27(26)23-10-4-1-7-18(23)13-14-19-8-2-5-11-24(19)27/h1-17H. The van der Waals surface area contributed by atoms with Crippen LogP contribution >= 0.6 is 11.6 Å². The third-order valence-corrected chi connectivity index (χ3v) is 6.41. The number of benzene rings is 4. The molecule has 0 heterocycles. The molecule has 0 unspecified atom stereocenters. The van der Waals surface area contributed by atoms with Crippen LogP contribution in [0, 0.1) is 0 Å². The van der Waals surface area contributed by atoms with Crippen molar-refractivity contribution in [3.8, 4) is 11.1 Å². The SMILES string of the molecule is Clc1ccc2c(c1)-c1ccccc1C21c2ccccc2C=Cc2ccccc21. The van der Waals surface area contributed by atoms with Crippen LogP contribution in [-0.4, -0.2) is 0 Å². The van der Waals surface area contributed by atoms with Gasteiger partial charge in [-0.1, -0.05) is 103 Å². The van der Waals surface area contributed by atoms with Crippen LogP contribution in [0.2, 0.25) is 5.02 Å². The number of hydrogen-bond donors (Lipinski definition) is 0. The fourth-order valence-corrected chi connectivity index (χ4v) is 5.30. The van der Waals surface area contributed by atoms with E-state index < -0.39 is 0 Å². The van der Waals surface area contributed by atoms with Gasteiger partial charge in [-0.2, -0.15) is 0 Å². The van der Waals surface area contributed by atoms with Crippen molar-refractivity contribution >= 4 is 23.8 Å². The highest BCUT2D eigenvalue weighted by molar-refractivity contribution is 6.31. The van der Waals surface area contributed by atoms with Crippen molar-refractivity contribution in [1.82, 2.24) is 0 Å². The monoisotopic (exact) mass is 376 g/mol. The molecule has 6 rings (SSSR count). The van der Waals surface area contributed by atoms with E-state index in [1.54, 1.807) is 0 Å². The van der Waals surface area contributed by atoms with E-state index in [2.05, 4.69) is 97.1 Å². The van der Waals surface area contributed by atoms with Crippen LogP contribution in [0.1, 0.15) is 33.4 Å². The second kappa shape index (κ2) is 5.70. The van der Waals surface area contributed by atoms with Crippen molar-refractivity contribution in [2.75, 3.05) is 0 Å². The van der Waals surface area contributed by atoms with Crippen LogP contribution in [0.5, 0.6) is 0 Å². The zero-order valence-corrected chi connectivity index (χ0v) is 15.9. The molecule has 1 spiro atoms. The zero-order valence-electron chi connectivity index (χ0n) is 15.2. The van der Waals surface area contributed by atoms with Gasteiger partial charge in [0.25, 0.3) is 0 Å². The smallest absolute Gasteiger partial charge is 0.0725 e. The Morgan fingerprint density at radius 1 is 0.500 bits per heavy atom. The molecule has 0 saturated heterocycles. The van der Waals surface area contributed by atoms with Crippen LogP contribution in [0.15, 0.2) is 91.0 Å². The number of halogens is 1. The minimum Gasteiger partial charge on any atom is -0.0843 e. The molecule has 0 radical (unpaired) electrons. The van der Waals surface area contributed by atoms with Crippen LogP contribution in [-0.2, 0) is 5.41 Å². The maximum atomic E-state index is 6.44. The first-order chi connectivity index (χ1) is 13.8. The summed E-state index contributed by atoms with van der Waals surface area (Å²) in [5, 5.41) is 0.777. The van der Waals surface area contributed by atoms with Gasteiger partial charge in [0.1, 0.15) is 0 Å². The lowest BCUT2D eigenvalue weighted by molar-refractivity contribution is 0.766. The molecule has 2 aliphatic carbocycles. The molecule has 132 valence electrons. The van der Waals surface area contributed by atoms with Gasteiger partial charge in [0.2, 0.25) is 0 Å². The van der Waals surface area contributed by atoms with Gasteiger partial charge in [-0.25, -0.2) is 0 Å². The van der Waals surface area contributed by atoms with E-state index in [9.17, 15) is 0 Å². The van der Waals surface area contributed by atoms with E-state index in [4.69, 9.17) is 11.6 Å². The van der Waals surface area contributed by atoms with Crippen molar-refractivity contribution in [3.63, 3.8) is 0 Å². The Kier molecular flexibility index (Phi) is 3.24. The highest BCUT2D eigenvalue weighted by Crippen LogP contribution is 2.58. The van der Waals surface area contributed by atoms with Gasteiger partial charge in [0.05, 0.1) is 5.41 Å². The summed E-state index contributed by atoms with van der Waals surface area (Å²) in [6.45, 7) is 0. The van der Waals surface area contributed by atoms with Crippen LogP contribution in [0.25, 0.3) is 23.3 Å². The lowest BCUT2D eigenvalue weighted by atomic mass is 9.66. The summed E-state index contributed by atoms with van der Waals surface area (Å²) in [6.07, 6.45) is 4.50. The van der Waals surface area contributed by atoms with Crippen molar-refractivity contribution in [1.29, 1.82) is 0 Å². The van der Waals surface area contributed by atoms with E-state index >= 15 is 0 Å². The van der Waals surface area contributed by atoms with Gasteiger partial charge >= 0.3 is 0 Å². The van der Waals surface area contributed by atoms with E-state index in [0.29, 0.717) is 0 Å². The molecule has 28 heavy (non-hydrogen) atoms. The maximum absolute atomic E-state index is 6.44. The summed E-state index contributed by atoms with van der Waals surface area (Å²) in [4.78, 5) is 0. The fourth-order valence-electron chi connectivity index (χ4n) is 5.13. The summed E-state index contributed by atoms with van der Waals surface area (Å²) in [6, 6.07) is 32.7. The molecule has 0 saturated carbocycles. The summed E-state index contributed by atoms with van der Waals surface area (Å²) in [7, 11) is 0. The Hall–Kier alpha value is -3.09. The quantitative estimate of drug-likeness (QED) is 0.263. The summed E-state index contributed by atoms with van der Waals surface area (Å²) in [5.74, 6) is 0. The molecule has 0 nitrogen and oxygen atoms in total. The topological polar surface area (TPSA) is 0 Å². The normalized spacial score (nSPS) is 14.8. The average Bonchev–Trinajstić information content (AvgIpc) is 2.93. The number of fused-ring (bicyclic) bond motifs is 9. The van der Waals surface area contributed by atoms with Crippen LogP contribution in [0.4, 0.5) is 0 Å². The van der Waals surface area contributed by atoms with E-state index in [0.717, 1.165) is 5.02 Å². The first-order valence-corrected chi connectivity index (χ1v) is 9.95. The Bertz CT molecular complexity index is 1230. The summed E-state index contributed by atoms with van der Waals surface area (Å²) < 4.78 is 0. The van der Waals surface area contributed by atoms with Crippen LogP contribution in [0.3, 0.4) is 0 Å². The zero-order chi connectivity index (χ0) is 18.7. The molecule has 0 amide bonds. The molecular formula is C27H17Cl. The van der Waals surface area contributed by atoms with Gasteiger partial charge in [-0.3, -0.25) is 0 Å². The molecule has 0 bridgehead atoms. The van der Waals surface area contributed by atoms with Gasteiger partial charge in [0.15, 0.2) is 0 Å². The van der Waals surface area contributed by atoms with E-state index in [-0.39, 0.29) is 5.41 Å². The molecule has 0 N–H and O–H groups in total. The third-order valence-electron chi connectivity index (χ3n) is 6.18. The minimum absolute atomic E-state index is 0.340. The summed E-state index contributed by atoms with van der Waals surface area (Å²) in [5.41, 5.74) is 9.97. The van der Waals surface area contributed by atoms with E-state index in [1.165, 1.54) is 44.5 Å². The number of hydrogen-bond acceptors (Lipinski definition) is 0. The molecule has 4 aromatic rings. The molecular weight excluding hydrogens is 360 g/mol. The highest BCUT2D eigenvalue weighted by atomic mass is 35.5. The van der Waals surface area contributed by atoms with Crippen molar-refractivity contribution < 1.29 is 0 Å². The molecule has 0 fully saturated rings. The van der Waals surface area contributed by atoms with Gasteiger partial charge in [-0.15, -0.1) is 0 Å². The molecule has 0 aromatic heterocycles. The predicted molar refractivity (Wildman–Crippen MR) is 118 cm³/mol. The molecule has 1 heteroatoms. The van der Waals surface area contributed by atoms with Crippen molar-refractivity contribution in [2.24, 2.45) is 0 Å². The van der Waals surface area contributed by atoms with Crippen molar-refractivity contribution in [2.45, 2.75) is 5.41 Å². The van der Waals surface area contributed by atoms with Gasteiger partial charge in [-0.05, 0) is 56.6 Å². The second-order valence-electron chi connectivity index (χ2n) is 7.49. The minimum atomic E-state index is -0.340. The molecule has 4 aromatic carbocycles. The first-order valence-electron chi connectivity index (χ1n) is 9.57. The molecule has 2 aliphatic rings. The Morgan fingerprint density at radius 2 is 1.04 bits per heavy atom. The van der Waals surface area contributed by atoms with E-state index in [1.807, 2.05) is 6.07 Å². The predicted octanol–water partition coefficient (Wildman–Crippen LogP) is 7.19. The summed E-state index contributed by atoms with van der Waals surface area (Å²) >= 11 is 6.44. The highest BCUT2D eigenvalue weighted by Gasteiger charge is 2.48. The Balaban J connectivity index is 1.88. The Labute approximate surface area is 169 Å². The van der Waals surface area contributed by atoms with Gasteiger partial charge < -0.3 is 0 Å². The first kappa shape index (κ1) is 15.9.